The molecule has 1 atom stereocenters. The molecular formula is C22H25NO4S. The van der Waals surface area contributed by atoms with Crippen LogP contribution in [-0.4, -0.2) is 31.3 Å². The van der Waals surface area contributed by atoms with E-state index in [0.717, 1.165) is 20.8 Å². The van der Waals surface area contributed by atoms with Gasteiger partial charge in [0.2, 0.25) is 0 Å². The van der Waals surface area contributed by atoms with Crippen LogP contribution in [0.25, 0.3) is 0 Å². The summed E-state index contributed by atoms with van der Waals surface area (Å²) in [5.41, 5.74) is 2.36. The van der Waals surface area contributed by atoms with E-state index in [1.807, 2.05) is 42.5 Å². The van der Waals surface area contributed by atoms with Crippen molar-refractivity contribution in [1.82, 2.24) is 4.31 Å². The van der Waals surface area contributed by atoms with E-state index in [0.29, 0.717) is 12.2 Å². The number of benzene rings is 2. The van der Waals surface area contributed by atoms with Crippen LogP contribution in [0.4, 0.5) is 0 Å². The predicted octanol–water partition coefficient (Wildman–Crippen LogP) is 3.87. The molecule has 0 radical (unpaired) electrons. The zero-order valence-electron chi connectivity index (χ0n) is 16.3. The van der Waals surface area contributed by atoms with E-state index >= 15 is 0 Å². The SMILES string of the molecule is CC(C)(C)c1ccc(C(=O)N2[C@H](COCc3ccccc3)C=CS2(=O)=O)cc1. The maximum atomic E-state index is 12.9. The summed E-state index contributed by atoms with van der Waals surface area (Å²) >= 11 is 0. The van der Waals surface area contributed by atoms with Crippen molar-refractivity contribution in [3.8, 4) is 0 Å². The molecule has 1 aliphatic rings. The van der Waals surface area contributed by atoms with Crippen LogP contribution >= 0.6 is 0 Å². The van der Waals surface area contributed by atoms with Gasteiger partial charge in [-0.15, -0.1) is 0 Å². The number of hydrogen-bond donors (Lipinski definition) is 0. The topological polar surface area (TPSA) is 63.7 Å². The van der Waals surface area contributed by atoms with Crippen LogP contribution in [0.1, 0.15) is 42.3 Å². The Morgan fingerprint density at radius 2 is 1.68 bits per heavy atom. The molecule has 0 aromatic heterocycles. The first-order chi connectivity index (χ1) is 13.2. The van der Waals surface area contributed by atoms with Gasteiger partial charge >= 0.3 is 0 Å². The minimum Gasteiger partial charge on any atom is -0.374 e. The first-order valence-corrected chi connectivity index (χ1v) is 10.7. The van der Waals surface area contributed by atoms with Crippen molar-refractivity contribution < 1.29 is 17.9 Å². The van der Waals surface area contributed by atoms with Crippen molar-refractivity contribution >= 4 is 15.9 Å². The van der Waals surface area contributed by atoms with Crippen molar-refractivity contribution in [3.05, 3.63) is 82.8 Å². The molecule has 2 aromatic rings. The fourth-order valence-corrected chi connectivity index (χ4v) is 4.38. The molecule has 0 unspecified atom stereocenters. The summed E-state index contributed by atoms with van der Waals surface area (Å²) in [5, 5.41) is 1.07. The van der Waals surface area contributed by atoms with E-state index in [-0.39, 0.29) is 12.0 Å². The Morgan fingerprint density at radius 1 is 1.04 bits per heavy atom. The molecule has 1 heterocycles. The molecule has 0 bridgehead atoms. The van der Waals surface area contributed by atoms with Crippen LogP contribution in [0.3, 0.4) is 0 Å². The lowest BCUT2D eigenvalue weighted by Crippen LogP contribution is -2.41. The Balaban J connectivity index is 1.72. The van der Waals surface area contributed by atoms with Crippen molar-refractivity contribution in [3.63, 3.8) is 0 Å². The van der Waals surface area contributed by atoms with Gasteiger partial charge in [0.05, 0.1) is 19.3 Å². The third-order valence-electron chi connectivity index (χ3n) is 4.65. The highest BCUT2D eigenvalue weighted by molar-refractivity contribution is 7.92. The van der Waals surface area contributed by atoms with Crippen LogP contribution in [0.15, 0.2) is 66.1 Å². The zero-order chi connectivity index (χ0) is 20.4. The third-order valence-corrected chi connectivity index (χ3v) is 6.13. The maximum absolute atomic E-state index is 12.9. The molecule has 5 nitrogen and oxygen atoms in total. The minimum atomic E-state index is -3.79. The number of amides is 1. The van der Waals surface area contributed by atoms with Gasteiger partial charge in [-0.1, -0.05) is 63.2 Å². The predicted molar refractivity (Wildman–Crippen MR) is 109 cm³/mol. The summed E-state index contributed by atoms with van der Waals surface area (Å²) in [7, 11) is -3.79. The summed E-state index contributed by atoms with van der Waals surface area (Å²) in [6.07, 6.45) is 1.50. The molecule has 1 aliphatic heterocycles. The van der Waals surface area contributed by atoms with Crippen molar-refractivity contribution in [2.24, 2.45) is 0 Å². The second kappa shape index (κ2) is 7.89. The third kappa shape index (κ3) is 4.51. The fourth-order valence-electron chi connectivity index (χ4n) is 3.02. The first-order valence-electron chi connectivity index (χ1n) is 9.18. The highest BCUT2D eigenvalue weighted by Crippen LogP contribution is 2.25. The molecule has 0 saturated carbocycles. The summed E-state index contributed by atoms with van der Waals surface area (Å²) in [6, 6.07) is 16.0. The lowest BCUT2D eigenvalue weighted by atomic mass is 9.86. The maximum Gasteiger partial charge on any atom is 0.268 e. The molecule has 148 valence electrons. The quantitative estimate of drug-likeness (QED) is 0.766. The Bertz CT molecular complexity index is 958. The summed E-state index contributed by atoms with van der Waals surface area (Å²) in [6.45, 7) is 6.71. The van der Waals surface area contributed by atoms with E-state index in [9.17, 15) is 13.2 Å². The van der Waals surface area contributed by atoms with Gasteiger partial charge in [0, 0.05) is 11.0 Å². The molecule has 6 heteroatoms. The second-order valence-corrected chi connectivity index (χ2v) is 9.57. The highest BCUT2D eigenvalue weighted by Gasteiger charge is 2.37. The number of ether oxygens (including phenoxy) is 1. The average Bonchev–Trinajstić information content (AvgIpc) is 2.96. The summed E-state index contributed by atoms with van der Waals surface area (Å²) in [5.74, 6) is -0.543. The molecule has 3 rings (SSSR count). The second-order valence-electron chi connectivity index (χ2n) is 7.87. The van der Waals surface area contributed by atoms with Gasteiger partial charge in [-0.05, 0) is 34.8 Å². The standard InChI is InChI=1S/C22H25NO4S/c1-22(2,3)19-11-9-18(10-12-19)21(24)23-20(13-14-28(23,25)26)16-27-15-17-7-5-4-6-8-17/h4-14,20H,15-16H2,1-3H3/t20-/m0/s1. The van der Waals surface area contributed by atoms with Crippen LogP contribution in [0.2, 0.25) is 0 Å². The normalized spacial score (nSPS) is 18.4. The molecule has 0 saturated heterocycles. The highest BCUT2D eigenvalue weighted by atomic mass is 32.2. The van der Waals surface area contributed by atoms with Gasteiger partial charge in [-0.3, -0.25) is 4.79 Å². The van der Waals surface area contributed by atoms with Crippen LogP contribution in [0.5, 0.6) is 0 Å². The van der Waals surface area contributed by atoms with Gasteiger partial charge < -0.3 is 4.74 Å². The average molecular weight is 400 g/mol. The molecule has 28 heavy (non-hydrogen) atoms. The number of sulfonamides is 1. The van der Waals surface area contributed by atoms with Gasteiger partial charge in [-0.25, -0.2) is 12.7 Å². The van der Waals surface area contributed by atoms with E-state index in [1.165, 1.54) is 6.08 Å². The summed E-state index contributed by atoms with van der Waals surface area (Å²) < 4.78 is 31.4. The zero-order valence-corrected chi connectivity index (χ0v) is 17.1. The summed E-state index contributed by atoms with van der Waals surface area (Å²) in [4.78, 5) is 12.9. The number of carbonyl (C=O) groups is 1. The van der Waals surface area contributed by atoms with Gasteiger partial charge in [0.25, 0.3) is 15.9 Å². The smallest absolute Gasteiger partial charge is 0.268 e. The van der Waals surface area contributed by atoms with Gasteiger partial charge in [0.1, 0.15) is 0 Å². The minimum absolute atomic E-state index is 0.0450. The molecule has 0 spiro atoms. The van der Waals surface area contributed by atoms with Crippen molar-refractivity contribution in [1.29, 1.82) is 0 Å². The van der Waals surface area contributed by atoms with Crippen molar-refractivity contribution in [2.75, 3.05) is 6.61 Å². The fraction of sp³-hybridized carbons (Fsp3) is 0.318. The lowest BCUT2D eigenvalue weighted by molar-refractivity contribution is 0.0684. The Hall–Kier alpha value is -2.44. The molecular weight excluding hydrogens is 374 g/mol. The van der Waals surface area contributed by atoms with E-state index in [1.54, 1.807) is 12.1 Å². The lowest BCUT2D eigenvalue weighted by Gasteiger charge is -2.24. The van der Waals surface area contributed by atoms with Crippen LogP contribution in [0, 0.1) is 0 Å². The van der Waals surface area contributed by atoms with Gasteiger partial charge in [-0.2, -0.15) is 0 Å². The van der Waals surface area contributed by atoms with E-state index in [2.05, 4.69) is 20.8 Å². The monoisotopic (exact) mass is 399 g/mol. The van der Waals surface area contributed by atoms with E-state index < -0.39 is 22.0 Å². The molecule has 0 aliphatic carbocycles. The van der Waals surface area contributed by atoms with Crippen LogP contribution in [-0.2, 0) is 26.8 Å². The van der Waals surface area contributed by atoms with Crippen LogP contribution < -0.4 is 0 Å². The molecule has 0 N–H and O–H groups in total. The number of hydrogen-bond acceptors (Lipinski definition) is 4. The first kappa shape index (κ1) is 20.3. The number of nitrogens with zero attached hydrogens (tertiary/aromatic N) is 1. The number of carbonyl (C=O) groups excluding carboxylic acids is 1. The molecule has 1 amide bonds. The Labute approximate surface area is 166 Å². The largest absolute Gasteiger partial charge is 0.374 e. The Morgan fingerprint density at radius 3 is 2.29 bits per heavy atom. The Kier molecular flexibility index (Phi) is 5.72. The van der Waals surface area contributed by atoms with E-state index in [4.69, 9.17) is 4.74 Å². The van der Waals surface area contributed by atoms with Gasteiger partial charge in [0.15, 0.2) is 0 Å². The molecule has 2 aromatic carbocycles. The van der Waals surface area contributed by atoms with Crippen molar-refractivity contribution in [2.45, 2.75) is 38.8 Å². The number of rotatable bonds is 5. The molecule has 0 fully saturated rings.